The summed E-state index contributed by atoms with van der Waals surface area (Å²) in [6, 6.07) is 16.0. The van der Waals surface area contributed by atoms with E-state index in [-0.39, 0.29) is 0 Å². The van der Waals surface area contributed by atoms with Crippen LogP contribution in [0.2, 0.25) is 5.02 Å². The quantitative estimate of drug-likeness (QED) is 0.376. The van der Waals surface area contributed by atoms with E-state index in [9.17, 15) is 0 Å². The molecule has 3 aromatic carbocycles. The molecular weight excluding hydrogens is 324 g/mol. The number of furan rings is 1. The standard InChI is InChI=1S/C16H8BrClO/c17-13-7-9-3-1-2-4-11(9)16-15(13)12-8-10(18)5-6-14(12)19-16/h1-8H. The molecule has 1 nitrogen and oxygen atoms in total. The molecule has 0 fully saturated rings. The minimum atomic E-state index is 0.718. The number of hydrogen-bond donors (Lipinski definition) is 0. The minimum absolute atomic E-state index is 0.718. The fourth-order valence-electron chi connectivity index (χ4n) is 2.53. The van der Waals surface area contributed by atoms with Gasteiger partial charge in [0.05, 0.1) is 0 Å². The summed E-state index contributed by atoms with van der Waals surface area (Å²) in [5.41, 5.74) is 1.76. The summed E-state index contributed by atoms with van der Waals surface area (Å²) in [5, 5.41) is 5.12. The van der Waals surface area contributed by atoms with Crippen LogP contribution >= 0.6 is 27.5 Å². The molecule has 19 heavy (non-hydrogen) atoms. The van der Waals surface area contributed by atoms with Gasteiger partial charge in [-0.1, -0.05) is 35.9 Å². The van der Waals surface area contributed by atoms with Crippen LogP contribution in [0.5, 0.6) is 0 Å². The van der Waals surface area contributed by atoms with E-state index in [2.05, 4.69) is 34.1 Å². The van der Waals surface area contributed by atoms with Gasteiger partial charge < -0.3 is 4.42 Å². The zero-order valence-corrected chi connectivity index (χ0v) is 12.1. The van der Waals surface area contributed by atoms with Gasteiger partial charge in [0.2, 0.25) is 0 Å². The molecule has 0 saturated heterocycles. The molecule has 0 N–H and O–H groups in total. The third-order valence-corrected chi connectivity index (χ3v) is 4.24. The lowest BCUT2D eigenvalue weighted by Gasteiger charge is -2.00. The Morgan fingerprint density at radius 3 is 2.68 bits per heavy atom. The highest BCUT2D eigenvalue weighted by Gasteiger charge is 2.13. The van der Waals surface area contributed by atoms with Crippen molar-refractivity contribution in [2.45, 2.75) is 0 Å². The molecule has 0 radical (unpaired) electrons. The predicted molar refractivity (Wildman–Crippen MR) is 83.9 cm³/mol. The van der Waals surface area contributed by atoms with Crippen LogP contribution in [-0.2, 0) is 0 Å². The van der Waals surface area contributed by atoms with E-state index in [1.54, 1.807) is 0 Å². The molecular formula is C16H8BrClO. The van der Waals surface area contributed by atoms with Crippen molar-refractivity contribution in [3.05, 3.63) is 58.0 Å². The van der Waals surface area contributed by atoms with Crippen molar-refractivity contribution in [3.63, 3.8) is 0 Å². The highest BCUT2D eigenvalue weighted by molar-refractivity contribution is 9.10. The first kappa shape index (κ1) is 11.3. The SMILES string of the molecule is Clc1ccc2oc3c4ccccc4cc(Br)c3c2c1. The lowest BCUT2D eigenvalue weighted by atomic mass is 10.1. The Bertz CT molecular complexity index is 940. The second-order valence-corrected chi connectivity index (χ2v) is 5.82. The Hall–Kier alpha value is -1.51. The summed E-state index contributed by atoms with van der Waals surface area (Å²) >= 11 is 9.73. The molecule has 0 bridgehead atoms. The van der Waals surface area contributed by atoms with Gasteiger partial charge in [0.25, 0.3) is 0 Å². The monoisotopic (exact) mass is 330 g/mol. The predicted octanol–water partition coefficient (Wildman–Crippen LogP) is 6.16. The molecule has 0 aliphatic rings. The lowest BCUT2D eigenvalue weighted by molar-refractivity contribution is 0.672. The van der Waals surface area contributed by atoms with Gasteiger partial charge in [0.1, 0.15) is 11.2 Å². The van der Waals surface area contributed by atoms with Crippen LogP contribution in [-0.4, -0.2) is 0 Å². The molecule has 0 aliphatic heterocycles. The second-order valence-electron chi connectivity index (χ2n) is 4.53. The minimum Gasteiger partial charge on any atom is -0.455 e. The molecule has 0 amide bonds. The maximum absolute atomic E-state index is 6.09. The first-order valence-corrected chi connectivity index (χ1v) is 7.10. The summed E-state index contributed by atoms with van der Waals surface area (Å²) in [4.78, 5) is 0. The Morgan fingerprint density at radius 2 is 1.79 bits per heavy atom. The molecule has 0 unspecified atom stereocenters. The highest BCUT2D eigenvalue weighted by Crippen LogP contribution is 2.39. The van der Waals surface area contributed by atoms with E-state index in [4.69, 9.17) is 16.0 Å². The molecule has 1 aromatic heterocycles. The Kier molecular flexibility index (Phi) is 2.38. The highest BCUT2D eigenvalue weighted by atomic mass is 79.9. The van der Waals surface area contributed by atoms with Crippen molar-refractivity contribution >= 4 is 60.2 Å². The maximum Gasteiger partial charge on any atom is 0.144 e. The van der Waals surface area contributed by atoms with E-state index in [0.29, 0.717) is 0 Å². The number of halogens is 2. The Balaban J connectivity index is 2.34. The van der Waals surface area contributed by atoms with Gasteiger partial charge in [-0.2, -0.15) is 0 Å². The summed E-state index contributed by atoms with van der Waals surface area (Å²) in [6.07, 6.45) is 0. The van der Waals surface area contributed by atoms with Crippen molar-refractivity contribution in [2.24, 2.45) is 0 Å². The lowest BCUT2D eigenvalue weighted by Crippen LogP contribution is -1.75. The third kappa shape index (κ3) is 1.60. The molecule has 92 valence electrons. The van der Waals surface area contributed by atoms with Crippen LogP contribution in [0, 0.1) is 0 Å². The molecule has 0 atom stereocenters. The summed E-state index contributed by atoms with van der Waals surface area (Å²) in [7, 11) is 0. The Labute approximate surface area is 122 Å². The van der Waals surface area contributed by atoms with Gasteiger partial charge in [-0.15, -0.1) is 0 Å². The number of hydrogen-bond acceptors (Lipinski definition) is 1. The molecule has 4 rings (SSSR count). The van der Waals surface area contributed by atoms with Gasteiger partial charge in [0, 0.05) is 25.7 Å². The fraction of sp³-hybridized carbons (Fsp3) is 0. The van der Waals surface area contributed by atoms with Gasteiger partial charge in [-0.25, -0.2) is 0 Å². The summed E-state index contributed by atoms with van der Waals surface area (Å²) in [6.45, 7) is 0. The number of benzene rings is 3. The molecule has 0 spiro atoms. The van der Waals surface area contributed by atoms with E-state index < -0.39 is 0 Å². The molecule has 1 heterocycles. The summed E-state index contributed by atoms with van der Waals surface area (Å²) in [5.74, 6) is 0. The van der Waals surface area contributed by atoms with Gasteiger partial charge in [-0.3, -0.25) is 0 Å². The number of fused-ring (bicyclic) bond motifs is 5. The van der Waals surface area contributed by atoms with Crippen molar-refractivity contribution in [2.75, 3.05) is 0 Å². The van der Waals surface area contributed by atoms with E-state index in [0.717, 1.165) is 42.2 Å². The van der Waals surface area contributed by atoms with Crippen molar-refractivity contribution in [1.29, 1.82) is 0 Å². The van der Waals surface area contributed by atoms with Crippen LogP contribution in [0.15, 0.2) is 57.4 Å². The van der Waals surface area contributed by atoms with Crippen LogP contribution in [0.1, 0.15) is 0 Å². The van der Waals surface area contributed by atoms with Crippen LogP contribution in [0.25, 0.3) is 32.7 Å². The summed E-state index contributed by atoms with van der Waals surface area (Å²) < 4.78 is 7.04. The molecule has 0 saturated carbocycles. The van der Waals surface area contributed by atoms with E-state index >= 15 is 0 Å². The van der Waals surface area contributed by atoms with E-state index in [1.165, 1.54) is 0 Å². The normalized spacial score (nSPS) is 11.7. The van der Waals surface area contributed by atoms with Crippen LogP contribution in [0.3, 0.4) is 0 Å². The number of rotatable bonds is 0. The third-order valence-electron chi connectivity index (χ3n) is 3.38. The second kappa shape index (κ2) is 3.99. The van der Waals surface area contributed by atoms with Crippen molar-refractivity contribution < 1.29 is 4.42 Å². The first-order chi connectivity index (χ1) is 9.24. The largest absolute Gasteiger partial charge is 0.455 e. The maximum atomic E-state index is 6.09. The average Bonchev–Trinajstić information content (AvgIpc) is 2.78. The average molecular weight is 332 g/mol. The fourth-order valence-corrected chi connectivity index (χ4v) is 3.35. The molecule has 4 aromatic rings. The van der Waals surface area contributed by atoms with Gasteiger partial charge in [-0.05, 0) is 45.6 Å². The smallest absolute Gasteiger partial charge is 0.144 e. The Morgan fingerprint density at radius 1 is 0.947 bits per heavy atom. The van der Waals surface area contributed by atoms with Crippen molar-refractivity contribution in [3.8, 4) is 0 Å². The van der Waals surface area contributed by atoms with Crippen LogP contribution < -0.4 is 0 Å². The zero-order chi connectivity index (χ0) is 13.0. The van der Waals surface area contributed by atoms with Crippen molar-refractivity contribution in [1.82, 2.24) is 0 Å². The zero-order valence-electron chi connectivity index (χ0n) is 9.78. The topological polar surface area (TPSA) is 13.1 Å². The molecule has 3 heteroatoms. The molecule has 0 aliphatic carbocycles. The van der Waals surface area contributed by atoms with Gasteiger partial charge >= 0.3 is 0 Å². The van der Waals surface area contributed by atoms with Gasteiger partial charge in [0.15, 0.2) is 0 Å². The first-order valence-electron chi connectivity index (χ1n) is 5.93. The van der Waals surface area contributed by atoms with E-state index in [1.807, 2.05) is 30.3 Å². The van der Waals surface area contributed by atoms with Crippen LogP contribution in [0.4, 0.5) is 0 Å².